The number of halogens is 7. The monoisotopic (exact) mass is 376 g/mol. The van der Waals surface area contributed by atoms with Crippen molar-refractivity contribution in [3.8, 4) is 0 Å². The van der Waals surface area contributed by atoms with Gasteiger partial charge in [0.1, 0.15) is 0 Å². The lowest BCUT2D eigenvalue weighted by atomic mass is 9.87. The van der Waals surface area contributed by atoms with Gasteiger partial charge in [0.05, 0.1) is 13.5 Å². The van der Waals surface area contributed by atoms with Crippen LogP contribution < -0.4 is 0 Å². The fourth-order valence-electron chi connectivity index (χ4n) is 2.13. The van der Waals surface area contributed by atoms with Gasteiger partial charge in [0.15, 0.2) is 5.60 Å². The summed E-state index contributed by atoms with van der Waals surface area (Å²) in [6.45, 7) is 0. The minimum absolute atomic E-state index is 0.222. The zero-order chi connectivity index (χ0) is 19.5. The molecule has 25 heavy (non-hydrogen) atoms. The molecule has 0 aliphatic carbocycles. The average molecular weight is 376 g/mol. The third-order valence-electron chi connectivity index (χ3n) is 3.57. The molecule has 0 bridgehead atoms. The van der Waals surface area contributed by atoms with Gasteiger partial charge in [-0.25, -0.2) is 4.79 Å². The molecule has 0 amide bonds. The number of carbonyl (C=O) groups excluding carboxylic acids is 1. The summed E-state index contributed by atoms with van der Waals surface area (Å²) in [6.07, 6.45) is -10.0. The Morgan fingerprint density at radius 1 is 1.04 bits per heavy atom. The number of methoxy groups -OCH3 is 1. The molecule has 1 aromatic carbocycles. The molecule has 0 spiro atoms. The lowest BCUT2D eigenvalue weighted by Gasteiger charge is -2.34. The predicted octanol–water partition coefficient (Wildman–Crippen LogP) is 3.75. The number of alkyl halides is 7. The molecule has 142 valence electrons. The van der Waals surface area contributed by atoms with Crippen molar-refractivity contribution in [1.29, 1.82) is 0 Å². The first-order valence-corrected chi connectivity index (χ1v) is 6.94. The second kappa shape index (κ2) is 7.19. The Kier molecular flexibility index (Phi) is 6.09. The van der Waals surface area contributed by atoms with E-state index in [1.54, 1.807) is 18.2 Å². The van der Waals surface area contributed by atoms with Gasteiger partial charge >= 0.3 is 24.0 Å². The molecule has 1 rings (SSSR count). The number of ether oxygens (including phenoxy) is 1. The molecular formula is C15H15F7O3. The lowest BCUT2D eigenvalue weighted by Crippen LogP contribution is -2.57. The Bertz CT molecular complexity index is 587. The Labute approximate surface area is 138 Å². The van der Waals surface area contributed by atoms with Gasteiger partial charge in [0, 0.05) is 0 Å². The third-order valence-corrected chi connectivity index (χ3v) is 3.57. The summed E-state index contributed by atoms with van der Waals surface area (Å²) in [7, 11) is 0.690. The van der Waals surface area contributed by atoms with Crippen LogP contribution in [0.4, 0.5) is 30.7 Å². The van der Waals surface area contributed by atoms with Crippen LogP contribution >= 0.6 is 0 Å². The summed E-state index contributed by atoms with van der Waals surface area (Å²) < 4.78 is 93.9. The van der Waals surface area contributed by atoms with Crippen LogP contribution in [0.15, 0.2) is 30.3 Å². The molecule has 0 aromatic heterocycles. The van der Waals surface area contributed by atoms with Crippen LogP contribution in [0.2, 0.25) is 0 Å². The minimum atomic E-state index is -6.55. The van der Waals surface area contributed by atoms with E-state index in [1.165, 1.54) is 12.1 Å². The van der Waals surface area contributed by atoms with Crippen molar-refractivity contribution in [1.82, 2.24) is 0 Å². The van der Waals surface area contributed by atoms with E-state index in [4.69, 9.17) is 0 Å². The molecule has 3 nitrogen and oxygen atoms in total. The zero-order valence-corrected chi connectivity index (χ0v) is 12.9. The summed E-state index contributed by atoms with van der Waals surface area (Å²) >= 11 is 0. The summed E-state index contributed by atoms with van der Waals surface area (Å²) in [6, 6.07) is 7.73. The first-order chi connectivity index (χ1) is 11.3. The largest absolute Gasteiger partial charge is 0.467 e. The van der Waals surface area contributed by atoms with Crippen molar-refractivity contribution in [2.24, 2.45) is 0 Å². The number of aliphatic hydroxyl groups is 1. The van der Waals surface area contributed by atoms with Crippen molar-refractivity contribution < 1.29 is 45.4 Å². The molecule has 1 N–H and O–H groups in total. The van der Waals surface area contributed by atoms with E-state index < -0.39 is 42.4 Å². The molecule has 0 heterocycles. The number of rotatable bonds is 7. The lowest BCUT2D eigenvalue weighted by molar-refractivity contribution is -0.360. The van der Waals surface area contributed by atoms with Gasteiger partial charge in [-0.05, 0) is 18.4 Å². The molecule has 0 aliphatic heterocycles. The smallest absolute Gasteiger partial charge is 0.459 e. The molecule has 1 atom stereocenters. The van der Waals surface area contributed by atoms with Crippen molar-refractivity contribution in [2.45, 2.75) is 42.9 Å². The number of esters is 1. The first-order valence-electron chi connectivity index (χ1n) is 6.94. The summed E-state index contributed by atoms with van der Waals surface area (Å²) in [4.78, 5) is 11.6. The first kappa shape index (κ1) is 21.2. The van der Waals surface area contributed by atoms with Crippen LogP contribution in [0.3, 0.4) is 0 Å². The average Bonchev–Trinajstić information content (AvgIpc) is 2.51. The van der Waals surface area contributed by atoms with Crippen molar-refractivity contribution in [3.05, 3.63) is 35.9 Å². The Hall–Kier alpha value is -1.84. The normalized spacial score (nSPS) is 15.6. The van der Waals surface area contributed by atoms with Gasteiger partial charge in [0.25, 0.3) is 0 Å². The third kappa shape index (κ3) is 4.62. The van der Waals surface area contributed by atoms with E-state index >= 15 is 0 Å². The van der Waals surface area contributed by atoms with Gasteiger partial charge in [-0.3, -0.25) is 0 Å². The molecule has 0 radical (unpaired) electrons. The fraction of sp³-hybridized carbons (Fsp3) is 0.533. The van der Waals surface area contributed by atoms with E-state index in [1.807, 2.05) is 0 Å². The molecule has 0 saturated carbocycles. The maximum absolute atomic E-state index is 13.6. The minimum Gasteiger partial charge on any atom is -0.467 e. The van der Waals surface area contributed by atoms with Gasteiger partial charge in [0.2, 0.25) is 0 Å². The second-order valence-electron chi connectivity index (χ2n) is 5.46. The molecule has 1 unspecified atom stereocenters. The standard InChI is InChI=1S/C15H15F7O3/c1-25-11(23)12(24,8-7-10-5-3-2-4-6-10)9-13(16,17)14(18,19)15(20,21)22/h2-6,24H,7-9H2,1H3. The van der Waals surface area contributed by atoms with Crippen molar-refractivity contribution in [2.75, 3.05) is 7.11 Å². The zero-order valence-electron chi connectivity index (χ0n) is 12.9. The van der Waals surface area contributed by atoms with Gasteiger partial charge in [-0.15, -0.1) is 0 Å². The Morgan fingerprint density at radius 2 is 1.56 bits per heavy atom. The topological polar surface area (TPSA) is 46.5 Å². The molecule has 0 fully saturated rings. The van der Waals surface area contributed by atoms with Gasteiger partial charge in [-0.2, -0.15) is 30.7 Å². The molecule has 0 aliphatic rings. The Balaban J connectivity index is 3.07. The maximum atomic E-state index is 13.6. The summed E-state index contributed by atoms with van der Waals surface area (Å²) in [5.41, 5.74) is -2.77. The fourth-order valence-corrected chi connectivity index (χ4v) is 2.13. The SMILES string of the molecule is COC(=O)C(O)(CCc1ccccc1)CC(F)(F)C(F)(F)C(F)(F)F. The van der Waals surface area contributed by atoms with E-state index in [2.05, 4.69) is 4.74 Å². The molecule has 10 heteroatoms. The van der Waals surface area contributed by atoms with E-state index in [9.17, 15) is 40.6 Å². The van der Waals surface area contributed by atoms with Gasteiger partial charge < -0.3 is 9.84 Å². The number of benzene rings is 1. The highest BCUT2D eigenvalue weighted by molar-refractivity contribution is 5.79. The molecule has 1 aromatic rings. The predicted molar refractivity (Wildman–Crippen MR) is 72.3 cm³/mol. The van der Waals surface area contributed by atoms with E-state index in [-0.39, 0.29) is 6.42 Å². The number of hydrogen-bond acceptors (Lipinski definition) is 3. The van der Waals surface area contributed by atoms with Crippen LogP contribution in [0.1, 0.15) is 18.4 Å². The highest BCUT2D eigenvalue weighted by Gasteiger charge is 2.74. The number of carbonyl (C=O) groups is 1. The number of hydrogen-bond donors (Lipinski definition) is 1. The molecule has 0 saturated heterocycles. The van der Waals surface area contributed by atoms with Crippen molar-refractivity contribution >= 4 is 5.97 Å². The molecular weight excluding hydrogens is 361 g/mol. The Morgan fingerprint density at radius 3 is 2.00 bits per heavy atom. The van der Waals surface area contributed by atoms with Crippen LogP contribution in [0.5, 0.6) is 0 Å². The summed E-state index contributed by atoms with van der Waals surface area (Å²) in [5.74, 6) is -13.9. The van der Waals surface area contributed by atoms with Crippen molar-refractivity contribution in [3.63, 3.8) is 0 Å². The van der Waals surface area contributed by atoms with Crippen LogP contribution in [0.25, 0.3) is 0 Å². The highest BCUT2D eigenvalue weighted by atomic mass is 19.4. The maximum Gasteiger partial charge on any atom is 0.459 e. The quantitative estimate of drug-likeness (QED) is 0.583. The second-order valence-corrected chi connectivity index (χ2v) is 5.46. The highest BCUT2D eigenvalue weighted by Crippen LogP contribution is 2.50. The van der Waals surface area contributed by atoms with Crippen LogP contribution in [-0.4, -0.2) is 41.8 Å². The van der Waals surface area contributed by atoms with E-state index in [0.29, 0.717) is 12.7 Å². The van der Waals surface area contributed by atoms with E-state index in [0.717, 1.165) is 0 Å². The summed E-state index contributed by atoms with van der Waals surface area (Å²) in [5, 5.41) is 10.1. The van der Waals surface area contributed by atoms with Crippen LogP contribution in [-0.2, 0) is 16.0 Å². The van der Waals surface area contributed by atoms with Crippen LogP contribution in [0, 0.1) is 0 Å². The number of aryl methyl sites for hydroxylation is 1. The van der Waals surface area contributed by atoms with Gasteiger partial charge in [-0.1, -0.05) is 30.3 Å².